The third kappa shape index (κ3) is 5.81. The van der Waals surface area contributed by atoms with Gasteiger partial charge in [0.2, 0.25) is 0 Å². The number of quaternary nitrogens is 1. The van der Waals surface area contributed by atoms with Crippen molar-refractivity contribution in [3.05, 3.63) is 70.5 Å². The number of nitrogens with zero attached hydrogens (tertiary/aromatic N) is 1. The fourth-order valence-electron chi connectivity index (χ4n) is 3.28. The summed E-state index contributed by atoms with van der Waals surface area (Å²) in [6, 6.07) is 17.4. The molecular formula is C23H29N4O2S+. The highest BCUT2D eigenvalue weighted by Crippen LogP contribution is 2.19. The molecule has 0 fully saturated rings. The minimum absolute atomic E-state index is 0.0987. The van der Waals surface area contributed by atoms with E-state index in [0.29, 0.717) is 17.2 Å². The van der Waals surface area contributed by atoms with E-state index in [0.717, 1.165) is 41.9 Å². The molecule has 0 spiro atoms. The number of nitrogens with one attached hydrogen (secondary N) is 3. The van der Waals surface area contributed by atoms with E-state index in [9.17, 15) is 4.79 Å². The number of methoxy groups -OCH3 is 1. The number of hydrogen-bond acceptors (Lipinski definition) is 3. The lowest BCUT2D eigenvalue weighted by Crippen LogP contribution is -3.05. The summed E-state index contributed by atoms with van der Waals surface area (Å²) in [7, 11) is 5.90. The van der Waals surface area contributed by atoms with E-state index in [1.807, 2.05) is 54.6 Å². The van der Waals surface area contributed by atoms with Gasteiger partial charge in [-0.15, -0.1) is 0 Å². The van der Waals surface area contributed by atoms with E-state index in [4.69, 9.17) is 17.0 Å². The lowest BCUT2D eigenvalue weighted by molar-refractivity contribution is -0.858. The van der Waals surface area contributed by atoms with Crippen LogP contribution in [0.15, 0.2) is 59.4 Å². The van der Waals surface area contributed by atoms with Crippen LogP contribution < -0.4 is 20.5 Å². The minimum atomic E-state index is -0.0987. The summed E-state index contributed by atoms with van der Waals surface area (Å²) in [5, 5.41) is 4.84. The second-order valence-electron chi connectivity index (χ2n) is 7.61. The summed E-state index contributed by atoms with van der Waals surface area (Å²) < 4.78 is 5.32. The highest BCUT2D eigenvalue weighted by molar-refractivity contribution is 7.80. The third-order valence-electron chi connectivity index (χ3n) is 4.91. The molecule has 1 aromatic heterocycles. The maximum Gasteiger partial charge on any atom is 0.253 e. The predicted molar refractivity (Wildman–Crippen MR) is 126 cm³/mol. The summed E-state index contributed by atoms with van der Waals surface area (Å²) in [4.78, 5) is 19.1. The van der Waals surface area contributed by atoms with Crippen LogP contribution in [0, 0.1) is 0 Å². The Hall–Kier alpha value is -2.90. The van der Waals surface area contributed by atoms with Gasteiger partial charge in [-0.1, -0.05) is 18.2 Å². The normalized spacial score (nSPS) is 10.9. The maximum atomic E-state index is 12.7. The monoisotopic (exact) mass is 425 g/mol. The Morgan fingerprint density at radius 1 is 1.17 bits per heavy atom. The van der Waals surface area contributed by atoms with Crippen LogP contribution in [-0.2, 0) is 6.54 Å². The first-order chi connectivity index (χ1) is 14.5. The molecule has 30 heavy (non-hydrogen) atoms. The van der Waals surface area contributed by atoms with Crippen molar-refractivity contribution in [2.75, 3.05) is 39.6 Å². The molecule has 6 nitrogen and oxygen atoms in total. The fourth-order valence-corrected chi connectivity index (χ4v) is 3.55. The van der Waals surface area contributed by atoms with Crippen molar-refractivity contribution in [3.63, 3.8) is 0 Å². The number of fused-ring (bicyclic) bond motifs is 1. The molecule has 3 rings (SSSR count). The van der Waals surface area contributed by atoms with Gasteiger partial charge in [0.05, 0.1) is 34.3 Å². The van der Waals surface area contributed by atoms with E-state index >= 15 is 0 Å². The Morgan fingerprint density at radius 2 is 1.93 bits per heavy atom. The molecule has 0 aliphatic heterocycles. The van der Waals surface area contributed by atoms with Crippen molar-refractivity contribution in [1.82, 2.24) is 9.88 Å². The van der Waals surface area contributed by atoms with Gasteiger partial charge < -0.3 is 24.8 Å². The highest BCUT2D eigenvalue weighted by Gasteiger charge is 2.14. The number of benzene rings is 2. The molecule has 0 unspecified atom stereocenters. The van der Waals surface area contributed by atoms with Crippen molar-refractivity contribution >= 4 is 33.9 Å². The average Bonchev–Trinajstić information content (AvgIpc) is 2.73. The second-order valence-corrected chi connectivity index (χ2v) is 7.99. The smallest absolute Gasteiger partial charge is 0.253 e. The molecule has 0 atom stereocenters. The SMILES string of the molecule is COc1ccc2[nH]c(=O)c(CN(CCC[NH+](C)C)C(=S)Nc3ccccc3)cc2c1. The van der Waals surface area contributed by atoms with Crippen molar-refractivity contribution in [3.8, 4) is 5.75 Å². The maximum absolute atomic E-state index is 12.7. The molecule has 0 aliphatic carbocycles. The summed E-state index contributed by atoms with van der Waals surface area (Å²) >= 11 is 5.69. The van der Waals surface area contributed by atoms with Crippen LogP contribution in [-0.4, -0.2) is 49.3 Å². The summed E-state index contributed by atoms with van der Waals surface area (Å²) in [5.41, 5.74) is 2.30. The zero-order chi connectivity index (χ0) is 21.5. The molecule has 1 heterocycles. The molecule has 158 valence electrons. The number of anilines is 1. The standard InChI is InChI=1S/C23H28N4O2S/c1-26(2)12-7-13-27(23(30)24-19-8-5-4-6-9-19)16-18-14-17-15-20(29-3)10-11-21(17)25-22(18)28/h4-6,8-11,14-15H,7,12-13,16H2,1-3H3,(H,24,30)(H,25,28)/p+1. The van der Waals surface area contributed by atoms with E-state index in [1.54, 1.807) is 7.11 Å². The summed E-state index contributed by atoms with van der Waals surface area (Å²) in [5.74, 6) is 0.757. The minimum Gasteiger partial charge on any atom is -0.497 e. The molecule has 7 heteroatoms. The molecule has 0 saturated carbocycles. The van der Waals surface area contributed by atoms with Crippen molar-refractivity contribution < 1.29 is 9.64 Å². The number of H-pyrrole nitrogens is 1. The van der Waals surface area contributed by atoms with Gasteiger partial charge in [-0.25, -0.2) is 0 Å². The molecule has 0 saturated heterocycles. The average molecular weight is 426 g/mol. The first-order valence-electron chi connectivity index (χ1n) is 10.1. The predicted octanol–water partition coefficient (Wildman–Crippen LogP) is 2.27. The second kappa shape index (κ2) is 10.2. The van der Waals surface area contributed by atoms with Crippen molar-refractivity contribution in [2.24, 2.45) is 0 Å². The number of pyridine rings is 1. The van der Waals surface area contributed by atoms with Gasteiger partial charge >= 0.3 is 0 Å². The van der Waals surface area contributed by atoms with Gasteiger partial charge in [-0.05, 0) is 48.6 Å². The summed E-state index contributed by atoms with van der Waals surface area (Å²) in [6.07, 6.45) is 0.970. The molecule has 3 aromatic rings. The van der Waals surface area contributed by atoms with Crippen molar-refractivity contribution in [1.29, 1.82) is 0 Å². The van der Waals surface area contributed by atoms with Crippen LogP contribution in [0.5, 0.6) is 5.75 Å². The van der Waals surface area contributed by atoms with E-state index in [1.165, 1.54) is 4.90 Å². The van der Waals surface area contributed by atoms with Crippen LogP contribution in [0.4, 0.5) is 5.69 Å². The Kier molecular flexibility index (Phi) is 7.43. The highest BCUT2D eigenvalue weighted by atomic mass is 32.1. The van der Waals surface area contributed by atoms with Crippen LogP contribution in [0.25, 0.3) is 10.9 Å². The van der Waals surface area contributed by atoms with Crippen LogP contribution >= 0.6 is 12.2 Å². The van der Waals surface area contributed by atoms with E-state index < -0.39 is 0 Å². The first-order valence-corrected chi connectivity index (χ1v) is 10.5. The largest absolute Gasteiger partial charge is 0.497 e. The number of rotatable bonds is 8. The number of ether oxygens (including phenoxy) is 1. The fraction of sp³-hybridized carbons (Fsp3) is 0.304. The zero-order valence-electron chi connectivity index (χ0n) is 17.7. The lowest BCUT2D eigenvalue weighted by atomic mass is 10.1. The third-order valence-corrected chi connectivity index (χ3v) is 5.27. The van der Waals surface area contributed by atoms with Crippen molar-refractivity contribution in [2.45, 2.75) is 13.0 Å². The van der Waals surface area contributed by atoms with Gasteiger partial charge in [0, 0.05) is 35.1 Å². The number of aromatic amines is 1. The van der Waals surface area contributed by atoms with Crippen LogP contribution in [0.2, 0.25) is 0 Å². The number of para-hydroxylation sites is 1. The Bertz CT molecular complexity index is 1050. The van der Waals surface area contributed by atoms with Gasteiger partial charge in [0.1, 0.15) is 5.75 Å². The number of aromatic nitrogens is 1. The van der Waals surface area contributed by atoms with Crippen LogP contribution in [0.3, 0.4) is 0 Å². The molecule has 2 aromatic carbocycles. The number of thiocarbonyl (C=S) groups is 1. The molecule has 0 bridgehead atoms. The van der Waals surface area contributed by atoms with Gasteiger partial charge in [0.25, 0.3) is 5.56 Å². The van der Waals surface area contributed by atoms with Gasteiger partial charge in [0.15, 0.2) is 5.11 Å². The summed E-state index contributed by atoms with van der Waals surface area (Å²) in [6.45, 7) is 2.22. The molecule has 0 aliphatic rings. The zero-order valence-corrected chi connectivity index (χ0v) is 18.5. The topological polar surface area (TPSA) is 61.8 Å². The molecule has 3 N–H and O–H groups in total. The lowest BCUT2D eigenvalue weighted by Gasteiger charge is -2.26. The Labute approximate surface area is 182 Å². The quantitative estimate of drug-likeness (QED) is 0.484. The Balaban J connectivity index is 1.84. The molecule has 0 radical (unpaired) electrons. The van der Waals surface area contributed by atoms with Gasteiger partial charge in [-0.3, -0.25) is 4.79 Å². The number of hydrogen-bond donors (Lipinski definition) is 3. The van der Waals surface area contributed by atoms with Crippen LogP contribution in [0.1, 0.15) is 12.0 Å². The molecule has 0 amide bonds. The Morgan fingerprint density at radius 3 is 2.63 bits per heavy atom. The molecular weight excluding hydrogens is 396 g/mol. The first kappa shape index (κ1) is 21.8. The van der Waals surface area contributed by atoms with E-state index in [-0.39, 0.29) is 5.56 Å². The van der Waals surface area contributed by atoms with E-state index in [2.05, 4.69) is 29.3 Å². The van der Waals surface area contributed by atoms with Gasteiger partial charge in [-0.2, -0.15) is 0 Å².